The van der Waals surface area contributed by atoms with Crippen molar-refractivity contribution in [3.8, 4) is 0 Å². The standard InChI is InChI=1S/C13H11ClN4OS2/c14-7-1-2-9-12(16-6-21-9)11(7)18-13(19)8-5-20-10(17-8)3-4-15/h1-2,5-6H,3-4,15H2,(H,18,19). The Morgan fingerprint density at radius 3 is 3.05 bits per heavy atom. The lowest BCUT2D eigenvalue weighted by atomic mass is 10.2. The van der Waals surface area contributed by atoms with Gasteiger partial charge in [0.1, 0.15) is 11.2 Å². The molecule has 21 heavy (non-hydrogen) atoms. The van der Waals surface area contributed by atoms with E-state index in [2.05, 4.69) is 15.3 Å². The van der Waals surface area contributed by atoms with Gasteiger partial charge in [-0.15, -0.1) is 22.7 Å². The molecule has 0 unspecified atom stereocenters. The first kappa shape index (κ1) is 14.4. The van der Waals surface area contributed by atoms with Crippen molar-refractivity contribution in [2.24, 2.45) is 5.73 Å². The van der Waals surface area contributed by atoms with E-state index in [1.807, 2.05) is 6.07 Å². The molecule has 3 rings (SSSR count). The van der Waals surface area contributed by atoms with Crippen LogP contribution in [0.3, 0.4) is 0 Å². The van der Waals surface area contributed by atoms with Crippen LogP contribution in [-0.2, 0) is 6.42 Å². The lowest BCUT2D eigenvalue weighted by Crippen LogP contribution is -2.13. The van der Waals surface area contributed by atoms with Crippen LogP contribution in [-0.4, -0.2) is 22.4 Å². The maximum Gasteiger partial charge on any atom is 0.275 e. The minimum atomic E-state index is -0.295. The number of thiazole rings is 2. The van der Waals surface area contributed by atoms with Crippen molar-refractivity contribution in [3.05, 3.63) is 38.7 Å². The minimum absolute atomic E-state index is 0.295. The summed E-state index contributed by atoms with van der Waals surface area (Å²) < 4.78 is 0.969. The summed E-state index contributed by atoms with van der Waals surface area (Å²) in [6.07, 6.45) is 0.667. The zero-order valence-electron chi connectivity index (χ0n) is 10.8. The topological polar surface area (TPSA) is 80.9 Å². The summed E-state index contributed by atoms with van der Waals surface area (Å²) in [7, 11) is 0. The Kier molecular flexibility index (Phi) is 4.16. The second-order valence-electron chi connectivity index (χ2n) is 4.24. The van der Waals surface area contributed by atoms with Gasteiger partial charge >= 0.3 is 0 Å². The van der Waals surface area contributed by atoms with E-state index in [0.29, 0.717) is 34.9 Å². The fourth-order valence-corrected chi connectivity index (χ4v) is 3.54. The average molecular weight is 339 g/mol. The number of hydrogen-bond acceptors (Lipinski definition) is 6. The minimum Gasteiger partial charge on any atom is -0.330 e. The van der Waals surface area contributed by atoms with E-state index in [1.54, 1.807) is 17.0 Å². The molecule has 0 radical (unpaired) electrons. The Balaban J connectivity index is 1.88. The highest BCUT2D eigenvalue weighted by molar-refractivity contribution is 7.16. The number of amides is 1. The first-order chi connectivity index (χ1) is 10.2. The van der Waals surface area contributed by atoms with Gasteiger partial charge in [-0.2, -0.15) is 0 Å². The van der Waals surface area contributed by atoms with Crippen molar-refractivity contribution in [2.75, 3.05) is 11.9 Å². The zero-order valence-corrected chi connectivity index (χ0v) is 13.2. The maximum absolute atomic E-state index is 12.3. The predicted octanol–water partition coefficient (Wildman–Crippen LogP) is 3.16. The molecule has 0 aliphatic rings. The monoisotopic (exact) mass is 338 g/mol. The van der Waals surface area contributed by atoms with Crippen LogP contribution < -0.4 is 11.1 Å². The van der Waals surface area contributed by atoms with Gasteiger partial charge in [0.2, 0.25) is 0 Å². The molecule has 0 spiro atoms. The van der Waals surface area contributed by atoms with Gasteiger partial charge in [-0.1, -0.05) is 11.6 Å². The third-order valence-electron chi connectivity index (χ3n) is 2.83. The molecule has 0 bridgehead atoms. The highest BCUT2D eigenvalue weighted by Crippen LogP contribution is 2.32. The normalized spacial score (nSPS) is 11.0. The van der Waals surface area contributed by atoms with E-state index in [9.17, 15) is 4.79 Å². The van der Waals surface area contributed by atoms with E-state index < -0.39 is 0 Å². The van der Waals surface area contributed by atoms with Crippen molar-refractivity contribution in [2.45, 2.75) is 6.42 Å². The molecule has 2 heterocycles. The van der Waals surface area contributed by atoms with Gasteiger partial charge in [-0.3, -0.25) is 4.79 Å². The number of rotatable bonds is 4. The van der Waals surface area contributed by atoms with Crippen molar-refractivity contribution >= 4 is 56.1 Å². The van der Waals surface area contributed by atoms with Crippen molar-refractivity contribution < 1.29 is 4.79 Å². The SMILES string of the molecule is NCCc1nc(C(=O)Nc2c(Cl)ccc3scnc23)cs1. The van der Waals surface area contributed by atoms with Gasteiger partial charge in [0.05, 0.1) is 25.9 Å². The van der Waals surface area contributed by atoms with Crippen molar-refractivity contribution in [3.63, 3.8) is 0 Å². The van der Waals surface area contributed by atoms with E-state index in [1.165, 1.54) is 22.7 Å². The van der Waals surface area contributed by atoms with E-state index in [0.717, 1.165) is 9.71 Å². The van der Waals surface area contributed by atoms with Gasteiger partial charge in [0.15, 0.2) is 0 Å². The van der Waals surface area contributed by atoms with Crippen LogP contribution in [0, 0.1) is 0 Å². The summed E-state index contributed by atoms with van der Waals surface area (Å²) >= 11 is 9.08. The summed E-state index contributed by atoms with van der Waals surface area (Å²) in [6, 6.07) is 3.63. The summed E-state index contributed by atoms with van der Waals surface area (Å²) in [5.41, 5.74) is 8.78. The van der Waals surface area contributed by atoms with Crippen LogP contribution in [0.4, 0.5) is 5.69 Å². The second-order valence-corrected chi connectivity index (χ2v) is 6.48. The number of nitrogens with two attached hydrogens (primary N) is 1. The van der Waals surface area contributed by atoms with Crippen molar-refractivity contribution in [1.82, 2.24) is 9.97 Å². The number of benzene rings is 1. The number of carbonyl (C=O) groups is 1. The molecule has 108 valence electrons. The highest BCUT2D eigenvalue weighted by atomic mass is 35.5. The molecule has 1 amide bonds. The van der Waals surface area contributed by atoms with Crippen LogP contribution in [0.15, 0.2) is 23.0 Å². The van der Waals surface area contributed by atoms with Gasteiger partial charge in [-0.05, 0) is 18.7 Å². The number of fused-ring (bicyclic) bond motifs is 1. The summed E-state index contributed by atoms with van der Waals surface area (Å²) in [6.45, 7) is 0.512. The molecule has 3 N–H and O–H groups in total. The molecule has 2 aromatic heterocycles. The number of nitrogens with zero attached hydrogens (tertiary/aromatic N) is 2. The third-order valence-corrected chi connectivity index (χ3v) is 4.85. The van der Waals surface area contributed by atoms with Gasteiger partial charge in [-0.25, -0.2) is 9.97 Å². The van der Waals surface area contributed by atoms with Gasteiger partial charge in [0.25, 0.3) is 5.91 Å². The molecule has 0 saturated heterocycles. The Morgan fingerprint density at radius 1 is 1.38 bits per heavy atom. The average Bonchev–Trinajstić information content (AvgIpc) is 3.11. The first-order valence-electron chi connectivity index (χ1n) is 6.16. The van der Waals surface area contributed by atoms with Crippen LogP contribution >= 0.6 is 34.3 Å². The fraction of sp³-hybridized carbons (Fsp3) is 0.154. The number of nitrogens with one attached hydrogen (secondary N) is 1. The summed E-state index contributed by atoms with van der Waals surface area (Å²) in [5, 5.41) is 5.82. The Morgan fingerprint density at radius 2 is 2.24 bits per heavy atom. The number of anilines is 1. The van der Waals surface area contributed by atoms with Gasteiger partial charge in [0, 0.05) is 11.8 Å². The zero-order chi connectivity index (χ0) is 14.8. The molecule has 5 nitrogen and oxygen atoms in total. The van der Waals surface area contributed by atoms with Crippen LogP contribution in [0.5, 0.6) is 0 Å². The Labute approximate surface area is 133 Å². The largest absolute Gasteiger partial charge is 0.330 e. The quantitative estimate of drug-likeness (QED) is 0.765. The fourth-order valence-electron chi connectivity index (χ4n) is 1.86. The molecule has 0 atom stereocenters. The predicted molar refractivity (Wildman–Crippen MR) is 87.5 cm³/mol. The highest BCUT2D eigenvalue weighted by Gasteiger charge is 2.15. The number of carbonyl (C=O) groups excluding carboxylic acids is 1. The number of aromatic nitrogens is 2. The Hall–Kier alpha value is -1.54. The first-order valence-corrected chi connectivity index (χ1v) is 8.30. The molecule has 1 aromatic carbocycles. The molecule has 8 heteroatoms. The Bertz CT molecular complexity index is 798. The summed E-state index contributed by atoms with van der Waals surface area (Å²) in [4.78, 5) is 20.8. The molecular weight excluding hydrogens is 328 g/mol. The lowest BCUT2D eigenvalue weighted by Gasteiger charge is -2.06. The molecular formula is C13H11ClN4OS2. The lowest BCUT2D eigenvalue weighted by molar-refractivity contribution is 0.102. The molecule has 0 saturated carbocycles. The maximum atomic E-state index is 12.3. The second kappa shape index (κ2) is 6.07. The van der Waals surface area contributed by atoms with Gasteiger partial charge < -0.3 is 11.1 Å². The molecule has 0 aliphatic carbocycles. The van der Waals surface area contributed by atoms with E-state index in [-0.39, 0.29) is 5.91 Å². The molecule has 3 aromatic rings. The van der Waals surface area contributed by atoms with Crippen LogP contribution in [0.1, 0.15) is 15.5 Å². The summed E-state index contributed by atoms with van der Waals surface area (Å²) in [5.74, 6) is -0.295. The number of halogens is 1. The smallest absolute Gasteiger partial charge is 0.275 e. The van der Waals surface area contributed by atoms with Crippen LogP contribution in [0.25, 0.3) is 10.2 Å². The molecule has 0 fully saturated rings. The van der Waals surface area contributed by atoms with E-state index in [4.69, 9.17) is 17.3 Å². The number of hydrogen-bond donors (Lipinski definition) is 2. The third kappa shape index (κ3) is 2.91. The van der Waals surface area contributed by atoms with Crippen molar-refractivity contribution in [1.29, 1.82) is 0 Å². The van der Waals surface area contributed by atoms with E-state index >= 15 is 0 Å². The molecule has 0 aliphatic heterocycles. The van der Waals surface area contributed by atoms with Crippen LogP contribution in [0.2, 0.25) is 5.02 Å².